The molecule has 1 aromatic rings. The van der Waals surface area contributed by atoms with Crippen molar-refractivity contribution in [2.45, 2.75) is 18.3 Å². The molecule has 0 spiro atoms. The van der Waals surface area contributed by atoms with Crippen LogP contribution in [0.4, 0.5) is 0 Å². The highest BCUT2D eigenvalue weighted by molar-refractivity contribution is 5.92. The lowest BCUT2D eigenvalue weighted by Gasteiger charge is -2.16. The Kier molecular flexibility index (Phi) is 2.71. The highest BCUT2D eigenvalue weighted by atomic mass is 16.5. The molecule has 0 aliphatic heterocycles. The Bertz CT molecular complexity index is 466. The van der Waals surface area contributed by atoms with Crippen LogP contribution in [0, 0.1) is 0 Å². The number of benzene rings is 1. The van der Waals surface area contributed by atoms with Crippen LogP contribution in [0.1, 0.15) is 28.8 Å². The molecule has 5 heteroatoms. The molecule has 1 saturated carbocycles. The lowest BCUT2D eigenvalue weighted by atomic mass is 9.93. The van der Waals surface area contributed by atoms with Gasteiger partial charge in [-0.25, -0.2) is 4.79 Å². The third kappa shape index (κ3) is 1.82. The first-order valence-electron chi connectivity index (χ1n) is 5.39. The predicted molar refractivity (Wildman–Crippen MR) is 61.6 cm³/mol. The van der Waals surface area contributed by atoms with E-state index >= 15 is 0 Å². The number of carboxylic acids is 1. The third-order valence-corrected chi connectivity index (χ3v) is 3.38. The summed E-state index contributed by atoms with van der Waals surface area (Å²) in [4.78, 5) is 11.0. The van der Waals surface area contributed by atoms with E-state index in [1.165, 1.54) is 13.2 Å². The Labute approximate surface area is 98.8 Å². The summed E-state index contributed by atoms with van der Waals surface area (Å²) in [6, 6.07) is 3.15. The molecule has 0 radical (unpaired) electrons. The predicted octanol–water partition coefficient (Wildman–Crippen LogP) is 1.09. The second-order valence-corrected chi connectivity index (χ2v) is 4.36. The van der Waals surface area contributed by atoms with Crippen molar-refractivity contribution in [3.8, 4) is 11.5 Å². The maximum Gasteiger partial charge on any atom is 0.339 e. The molecule has 0 atom stereocenters. The van der Waals surface area contributed by atoms with Gasteiger partial charge in [0, 0.05) is 12.0 Å². The summed E-state index contributed by atoms with van der Waals surface area (Å²) >= 11 is 0. The van der Waals surface area contributed by atoms with Gasteiger partial charge >= 0.3 is 5.97 Å². The highest BCUT2D eigenvalue weighted by Crippen LogP contribution is 2.49. The van der Waals surface area contributed by atoms with Crippen LogP contribution in [0.25, 0.3) is 0 Å². The molecule has 1 aliphatic rings. The fourth-order valence-corrected chi connectivity index (χ4v) is 1.99. The summed E-state index contributed by atoms with van der Waals surface area (Å²) in [5, 5.41) is 18.7. The van der Waals surface area contributed by atoms with E-state index in [0.29, 0.717) is 6.54 Å². The smallest absolute Gasteiger partial charge is 0.339 e. The number of nitrogens with two attached hydrogens (primary N) is 1. The average Bonchev–Trinajstić information content (AvgIpc) is 3.10. The molecule has 1 aromatic carbocycles. The minimum absolute atomic E-state index is 0.134. The molecular formula is C12H15NO4. The van der Waals surface area contributed by atoms with Gasteiger partial charge in [-0.2, -0.15) is 0 Å². The Morgan fingerprint density at radius 3 is 2.59 bits per heavy atom. The molecule has 5 nitrogen and oxygen atoms in total. The van der Waals surface area contributed by atoms with E-state index in [1.807, 2.05) is 0 Å². The zero-order chi connectivity index (χ0) is 12.6. The fraction of sp³-hybridized carbons (Fsp3) is 0.417. The van der Waals surface area contributed by atoms with Crippen molar-refractivity contribution in [3.05, 3.63) is 23.3 Å². The number of hydrogen-bond donors (Lipinski definition) is 3. The molecule has 0 saturated heterocycles. The van der Waals surface area contributed by atoms with Crippen LogP contribution in [-0.4, -0.2) is 29.8 Å². The zero-order valence-corrected chi connectivity index (χ0v) is 9.56. The lowest BCUT2D eigenvalue weighted by molar-refractivity contribution is 0.0693. The van der Waals surface area contributed by atoms with Gasteiger partial charge in [0.2, 0.25) is 0 Å². The van der Waals surface area contributed by atoms with E-state index in [9.17, 15) is 9.90 Å². The summed E-state index contributed by atoms with van der Waals surface area (Å²) < 4.78 is 4.99. The van der Waals surface area contributed by atoms with Crippen LogP contribution in [0.3, 0.4) is 0 Å². The van der Waals surface area contributed by atoms with E-state index in [4.69, 9.17) is 15.6 Å². The van der Waals surface area contributed by atoms with Crippen LogP contribution in [0.5, 0.6) is 11.5 Å². The number of rotatable bonds is 4. The van der Waals surface area contributed by atoms with Crippen molar-refractivity contribution in [1.29, 1.82) is 0 Å². The second kappa shape index (κ2) is 3.92. The Morgan fingerprint density at radius 1 is 1.53 bits per heavy atom. The Hall–Kier alpha value is -1.75. The largest absolute Gasteiger partial charge is 0.504 e. The van der Waals surface area contributed by atoms with Crippen molar-refractivity contribution >= 4 is 5.97 Å². The van der Waals surface area contributed by atoms with Crippen molar-refractivity contribution in [3.63, 3.8) is 0 Å². The first-order valence-corrected chi connectivity index (χ1v) is 5.39. The number of ether oxygens (including phenoxy) is 1. The van der Waals surface area contributed by atoms with Gasteiger partial charge < -0.3 is 20.7 Å². The fourth-order valence-electron chi connectivity index (χ4n) is 1.99. The molecule has 2 rings (SSSR count). The number of hydrogen-bond acceptors (Lipinski definition) is 4. The van der Waals surface area contributed by atoms with Gasteiger partial charge in [0.1, 0.15) is 5.56 Å². The van der Waals surface area contributed by atoms with E-state index < -0.39 is 5.97 Å². The molecular weight excluding hydrogens is 222 g/mol. The molecule has 0 heterocycles. The molecule has 4 N–H and O–H groups in total. The molecule has 0 aromatic heterocycles. The number of aromatic carboxylic acids is 1. The summed E-state index contributed by atoms with van der Waals surface area (Å²) in [7, 11) is 1.40. The van der Waals surface area contributed by atoms with Crippen LogP contribution in [0.2, 0.25) is 0 Å². The average molecular weight is 237 g/mol. The minimum atomic E-state index is -1.17. The van der Waals surface area contributed by atoms with E-state index in [2.05, 4.69) is 0 Å². The maximum absolute atomic E-state index is 11.0. The topological polar surface area (TPSA) is 92.8 Å². The first-order chi connectivity index (χ1) is 8.04. The van der Waals surface area contributed by atoms with E-state index in [1.54, 1.807) is 6.07 Å². The summed E-state index contributed by atoms with van der Waals surface area (Å²) in [5.41, 5.74) is 6.26. The van der Waals surface area contributed by atoms with Gasteiger partial charge in [0.15, 0.2) is 11.5 Å². The number of methoxy groups -OCH3 is 1. The zero-order valence-electron chi connectivity index (χ0n) is 9.56. The van der Waals surface area contributed by atoms with Gasteiger partial charge in [-0.05, 0) is 30.5 Å². The molecule has 1 fully saturated rings. The van der Waals surface area contributed by atoms with Crippen LogP contribution in [0.15, 0.2) is 12.1 Å². The van der Waals surface area contributed by atoms with Crippen molar-refractivity contribution < 1.29 is 19.7 Å². The van der Waals surface area contributed by atoms with Crippen LogP contribution >= 0.6 is 0 Å². The molecule has 92 valence electrons. The maximum atomic E-state index is 11.0. The number of phenols is 1. The van der Waals surface area contributed by atoms with E-state index in [-0.39, 0.29) is 22.5 Å². The summed E-state index contributed by atoms with van der Waals surface area (Å²) in [6.45, 7) is 0.472. The molecule has 1 aliphatic carbocycles. The van der Waals surface area contributed by atoms with Gasteiger partial charge in [0.25, 0.3) is 0 Å². The number of aromatic hydroxyl groups is 1. The highest BCUT2D eigenvalue weighted by Gasteiger charge is 2.43. The van der Waals surface area contributed by atoms with Gasteiger partial charge in [0.05, 0.1) is 7.11 Å². The van der Waals surface area contributed by atoms with Gasteiger partial charge in [-0.3, -0.25) is 0 Å². The normalized spacial score (nSPS) is 16.6. The molecule has 17 heavy (non-hydrogen) atoms. The van der Waals surface area contributed by atoms with E-state index in [0.717, 1.165) is 18.4 Å². The summed E-state index contributed by atoms with van der Waals surface area (Å²) in [5.74, 6) is -1.33. The standard InChI is InChI=1S/C12H15NO4/c1-17-9-5-7(12(6-13)2-3-12)4-8(10(9)14)11(15)16/h4-5,14H,2-3,6,13H2,1H3,(H,15,16). The van der Waals surface area contributed by atoms with Gasteiger partial charge in [-0.1, -0.05) is 0 Å². The minimum Gasteiger partial charge on any atom is -0.504 e. The SMILES string of the molecule is COc1cc(C2(CN)CC2)cc(C(=O)O)c1O. The van der Waals surface area contributed by atoms with Crippen molar-refractivity contribution in [1.82, 2.24) is 0 Å². The first kappa shape index (κ1) is 11.7. The van der Waals surface area contributed by atoms with Crippen LogP contribution < -0.4 is 10.5 Å². The number of carbonyl (C=O) groups is 1. The monoisotopic (exact) mass is 237 g/mol. The molecule has 0 amide bonds. The summed E-state index contributed by atoms with van der Waals surface area (Å²) in [6.07, 6.45) is 1.88. The third-order valence-electron chi connectivity index (χ3n) is 3.38. The Balaban J connectivity index is 2.55. The quantitative estimate of drug-likeness (QED) is 0.729. The van der Waals surface area contributed by atoms with Crippen molar-refractivity contribution in [2.75, 3.05) is 13.7 Å². The second-order valence-electron chi connectivity index (χ2n) is 4.36. The lowest BCUT2D eigenvalue weighted by Crippen LogP contribution is -2.20. The Morgan fingerprint density at radius 2 is 2.18 bits per heavy atom. The van der Waals surface area contributed by atoms with Crippen LogP contribution in [-0.2, 0) is 5.41 Å². The number of carboxylic acid groups (broad SMARTS) is 1. The molecule has 0 bridgehead atoms. The molecule has 0 unspecified atom stereocenters. The van der Waals surface area contributed by atoms with Crippen molar-refractivity contribution in [2.24, 2.45) is 5.73 Å². The van der Waals surface area contributed by atoms with Gasteiger partial charge in [-0.15, -0.1) is 0 Å².